The summed E-state index contributed by atoms with van der Waals surface area (Å²) in [7, 11) is 0. The molecule has 2 aromatic carbocycles. The molecule has 3 aromatic rings. The van der Waals surface area contributed by atoms with E-state index in [1.54, 1.807) is 30.3 Å². The number of azo groups is 2. The van der Waals surface area contributed by atoms with Gasteiger partial charge in [-0.3, -0.25) is 9.59 Å². The number of benzene rings is 2. The quantitative estimate of drug-likeness (QED) is 0.505. The Morgan fingerprint density at radius 2 is 1.07 bits per heavy atom. The molecule has 0 unspecified atom stereocenters. The maximum atomic E-state index is 11.6. The smallest absolute Gasteiger partial charge is 0.222 e. The van der Waals surface area contributed by atoms with Gasteiger partial charge >= 0.3 is 0 Å². The summed E-state index contributed by atoms with van der Waals surface area (Å²) in [6.07, 6.45) is 0. The first-order valence-electron chi connectivity index (χ1n) is 9.05. The fourth-order valence-electron chi connectivity index (χ4n) is 2.38. The molecule has 0 spiro atoms. The third-order valence-corrected chi connectivity index (χ3v) is 3.63. The molecular formula is C21H19N7O2. The molecule has 9 nitrogen and oxygen atoms in total. The minimum Gasteiger partial charge on any atom is -0.309 e. The lowest BCUT2D eigenvalue weighted by atomic mass is 10.3. The zero-order chi connectivity index (χ0) is 21.3. The van der Waals surface area contributed by atoms with Crippen LogP contribution in [0.3, 0.4) is 0 Å². The average Bonchev–Trinajstić information content (AvgIpc) is 2.73. The third-order valence-electron chi connectivity index (χ3n) is 3.63. The number of rotatable bonds is 6. The van der Waals surface area contributed by atoms with E-state index in [1.165, 1.54) is 13.8 Å². The van der Waals surface area contributed by atoms with Crippen LogP contribution >= 0.6 is 0 Å². The van der Waals surface area contributed by atoms with Crippen LogP contribution in [0.25, 0.3) is 0 Å². The predicted molar refractivity (Wildman–Crippen MR) is 114 cm³/mol. The number of hydrogen-bond acceptors (Lipinski definition) is 7. The number of carbonyl (C=O) groups is 2. The largest absolute Gasteiger partial charge is 0.309 e. The van der Waals surface area contributed by atoms with Gasteiger partial charge in [-0.05, 0) is 24.3 Å². The fourth-order valence-corrected chi connectivity index (χ4v) is 2.38. The maximum absolute atomic E-state index is 11.6. The predicted octanol–water partition coefficient (Wildman–Crippen LogP) is 5.83. The Balaban J connectivity index is 2.06. The van der Waals surface area contributed by atoms with Gasteiger partial charge in [0.1, 0.15) is 11.4 Å². The van der Waals surface area contributed by atoms with E-state index in [1.807, 2.05) is 36.4 Å². The van der Waals surface area contributed by atoms with E-state index >= 15 is 0 Å². The molecule has 1 aromatic heterocycles. The number of nitrogens with one attached hydrogen (secondary N) is 2. The number of pyridine rings is 1. The van der Waals surface area contributed by atoms with E-state index in [4.69, 9.17) is 0 Å². The second kappa shape index (κ2) is 9.78. The fraction of sp³-hybridized carbons (Fsp3) is 0.0952. The number of hydrogen-bond donors (Lipinski definition) is 2. The third kappa shape index (κ3) is 5.86. The van der Waals surface area contributed by atoms with Gasteiger partial charge in [0.05, 0.1) is 11.4 Å². The molecule has 0 radical (unpaired) electrons. The molecule has 0 aliphatic heterocycles. The van der Waals surface area contributed by atoms with Gasteiger partial charge in [-0.1, -0.05) is 36.4 Å². The zero-order valence-corrected chi connectivity index (χ0v) is 16.4. The van der Waals surface area contributed by atoms with E-state index < -0.39 is 0 Å². The van der Waals surface area contributed by atoms with Crippen LogP contribution in [0.2, 0.25) is 0 Å². The molecular weight excluding hydrogens is 382 g/mol. The average molecular weight is 401 g/mol. The Kier molecular flexibility index (Phi) is 6.67. The summed E-state index contributed by atoms with van der Waals surface area (Å²) in [4.78, 5) is 27.5. The number of aromatic nitrogens is 1. The van der Waals surface area contributed by atoms with Crippen molar-refractivity contribution < 1.29 is 9.59 Å². The SMILES string of the molecule is CC(=O)Nc1nc(NC(C)=O)c(N=Nc2ccccc2)cc1N=Nc1ccccc1. The lowest BCUT2D eigenvalue weighted by Gasteiger charge is -2.10. The van der Waals surface area contributed by atoms with Crippen molar-refractivity contribution in [2.24, 2.45) is 20.5 Å². The van der Waals surface area contributed by atoms with E-state index in [2.05, 4.69) is 36.1 Å². The van der Waals surface area contributed by atoms with Crippen LogP contribution in [0.5, 0.6) is 0 Å². The minimum atomic E-state index is -0.342. The Bertz CT molecular complexity index is 1010. The Morgan fingerprint density at radius 3 is 1.43 bits per heavy atom. The van der Waals surface area contributed by atoms with Crippen molar-refractivity contribution in [1.82, 2.24) is 4.98 Å². The lowest BCUT2D eigenvalue weighted by molar-refractivity contribution is -0.115. The number of nitrogens with zero attached hydrogens (tertiary/aromatic N) is 5. The van der Waals surface area contributed by atoms with Gasteiger partial charge in [0.2, 0.25) is 11.8 Å². The molecule has 9 heteroatoms. The molecule has 1 heterocycles. The molecule has 0 bridgehead atoms. The first-order valence-corrected chi connectivity index (χ1v) is 9.05. The maximum Gasteiger partial charge on any atom is 0.222 e. The van der Waals surface area contributed by atoms with Gasteiger partial charge in [-0.25, -0.2) is 4.98 Å². The van der Waals surface area contributed by atoms with E-state index in [0.29, 0.717) is 11.4 Å². The molecule has 0 saturated carbocycles. The topological polar surface area (TPSA) is 121 Å². The highest BCUT2D eigenvalue weighted by Gasteiger charge is 2.14. The molecule has 3 rings (SSSR count). The Morgan fingerprint density at radius 1 is 0.667 bits per heavy atom. The van der Waals surface area contributed by atoms with Gasteiger partial charge in [0.15, 0.2) is 11.6 Å². The van der Waals surface area contributed by atoms with Crippen molar-refractivity contribution >= 4 is 46.2 Å². The first kappa shape index (κ1) is 20.5. The minimum absolute atomic E-state index is 0.143. The summed E-state index contributed by atoms with van der Waals surface area (Å²) in [6.45, 7) is 2.70. The molecule has 0 aliphatic carbocycles. The highest BCUT2D eigenvalue weighted by atomic mass is 16.2. The highest BCUT2D eigenvalue weighted by molar-refractivity contribution is 5.95. The monoisotopic (exact) mass is 401 g/mol. The van der Waals surface area contributed by atoms with Gasteiger partial charge in [0, 0.05) is 19.9 Å². The van der Waals surface area contributed by atoms with Crippen LogP contribution in [0.4, 0.5) is 34.4 Å². The van der Waals surface area contributed by atoms with Crippen LogP contribution in [0, 0.1) is 0 Å². The van der Waals surface area contributed by atoms with E-state index in [-0.39, 0.29) is 34.8 Å². The standard InChI is InChI=1S/C21H19N7O2/c1-14(29)22-20-18(27-25-16-9-5-3-6-10-16)13-19(21(24-20)23-15(2)30)28-26-17-11-7-4-8-12-17/h3-13H,1-2H3,(H2,22,23,24,29,30). The van der Waals surface area contributed by atoms with E-state index in [0.717, 1.165) is 0 Å². The Labute approximate surface area is 173 Å². The summed E-state index contributed by atoms with van der Waals surface area (Å²) in [5, 5.41) is 21.9. The number of amides is 2. The molecule has 2 amide bonds. The normalized spacial score (nSPS) is 11.0. The summed E-state index contributed by atoms with van der Waals surface area (Å²) in [6, 6.07) is 19.8. The van der Waals surface area contributed by atoms with Crippen molar-refractivity contribution in [1.29, 1.82) is 0 Å². The number of carbonyl (C=O) groups excluding carboxylic acids is 2. The van der Waals surface area contributed by atoms with Gasteiger partial charge < -0.3 is 10.6 Å². The van der Waals surface area contributed by atoms with Crippen molar-refractivity contribution in [2.75, 3.05) is 10.6 Å². The Hall–Kier alpha value is -4.27. The van der Waals surface area contributed by atoms with Gasteiger partial charge in [-0.15, -0.1) is 10.2 Å². The summed E-state index contributed by atoms with van der Waals surface area (Å²) in [5.41, 5.74) is 1.80. The van der Waals surface area contributed by atoms with Crippen LogP contribution in [-0.2, 0) is 9.59 Å². The molecule has 0 fully saturated rings. The van der Waals surface area contributed by atoms with Crippen LogP contribution in [0.15, 0.2) is 87.2 Å². The van der Waals surface area contributed by atoms with Crippen LogP contribution in [-0.4, -0.2) is 16.8 Å². The molecule has 30 heavy (non-hydrogen) atoms. The first-order chi connectivity index (χ1) is 14.5. The van der Waals surface area contributed by atoms with Crippen molar-refractivity contribution in [2.45, 2.75) is 13.8 Å². The van der Waals surface area contributed by atoms with Crippen molar-refractivity contribution in [3.05, 3.63) is 66.7 Å². The van der Waals surface area contributed by atoms with Gasteiger partial charge in [0.25, 0.3) is 0 Å². The van der Waals surface area contributed by atoms with Crippen LogP contribution < -0.4 is 10.6 Å². The molecule has 150 valence electrons. The molecule has 0 atom stereocenters. The molecule has 0 saturated heterocycles. The van der Waals surface area contributed by atoms with Crippen LogP contribution in [0.1, 0.15) is 13.8 Å². The second-order valence-corrected chi connectivity index (χ2v) is 6.16. The second-order valence-electron chi connectivity index (χ2n) is 6.16. The summed E-state index contributed by atoms with van der Waals surface area (Å²) < 4.78 is 0. The highest BCUT2D eigenvalue weighted by Crippen LogP contribution is 2.35. The van der Waals surface area contributed by atoms with Crippen molar-refractivity contribution in [3.8, 4) is 0 Å². The number of anilines is 2. The van der Waals surface area contributed by atoms with E-state index in [9.17, 15) is 9.59 Å². The van der Waals surface area contributed by atoms with Crippen molar-refractivity contribution in [3.63, 3.8) is 0 Å². The molecule has 2 N–H and O–H groups in total. The summed E-state index contributed by atoms with van der Waals surface area (Å²) in [5.74, 6) is -0.397. The zero-order valence-electron chi connectivity index (χ0n) is 16.4. The molecule has 0 aliphatic rings. The lowest BCUT2D eigenvalue weighted by Crippen LogP contribution is -2.11. The van der Waals surface area contributed by atoms with Gasteiger partial charge in [-0.2, -0.15) is 10.2 Å². The summed E-state index contributed by atoms with van der Waals surface area (Å²) >= 11 is 0.